The van der Waals surface area contributed by atoms with Crippen molar-refractivity contribution in [2.75, 3.05) is 25.0 Å². The summed E-state index contributed by atoms with van der Waals surface area (Å²) in [4.78, 5) is 14.0. The zero-order chi connectivity index (χ0) is 14.7. The lowest BCUT2D eigenvalue weighted by Gasteiger charge is -2.34. The number of amides is 1. The molecule has 20 heavy (non-hydrogen) atoms. The van der Waals surface area contributed by atoms with Gasteiger partial charge in [0.25, 0.3) is 0 Å². The number of piperidine rings is 1. The Labute approximate surface area is 123 Å². The normalized spacial score (nSPS) is 23.6. The third-order valence-electron chi connectivity index (χ3n) is 3.63. The van der Waals surface area contributed by atoms with E-state index in [2.05, 4.69) is 17.1 Å². The van der Waals surface area contributed by atoms with Crippen LogP contribution in [0.3, 0.4) is 0 Å². The van der Waals surface area contributed by atoms with Crippen molar-refractivity contribution in [1.29, 1.82) is 0 Å². The summed E-state index contributed by atoms with van der Waals surface area (Å²) in [6.45, 7) is 4.04. The van der Waals surface area contributed by atoms with Gasteiger partial charge in [-0.3, -0.25) is 9.69 Å². The lowest BCUT2D eigenvalue weighted by Crippen LogP contribution is -2.48. The second-order valence-corrected chi connectivity index (χ2v) is 5.75. The largest absolute Gasteiger partial charge is 0.327 e. The summed E-state index contributed by atoms with van der Waals surface area (Å²) in [5.41, 5.74) is 6.45. The van der Waals surface area contributed by atoms with Crippen LogP contribution >= 0.6 is 11.6 Å². The van der Waals surface area contributed by atoms with E-state index in [0.29, 0.717) is 18.2 Å². The molecule has 2 unspecified atom stereocenters. The zero-order valence-corrected chi connectivity index (χ0v) is 12.2. The van der Waals surface area contributed by atoms with Crippen LogP contribution in [0.2, 0.25) is 5.02 Å². The van der Waals surface area contributed by atoms with Crippen molar-refractivity contribution in [2.24, 2.45) is 11.7 Å². The standard InChI is InChI=1S/C14H19ClFN3O/c1-9-7-19(5-4-13(9)17)8-14(20)18-10-2-3-12(16)11(15)6-10/h2-3,6,9,13H,4-5,7-8,17H2,1H3,(H,18,20). The van der Waals surface area contributed by atoms with Crippen molar-refractivity contribution in [3.63, 3.8) is 0 Å². The Balaban J connectivity index is 1.87. The molecule has 2 rings (SSSR count). The molecule has 6 heteroatoms. The highest BCUT2D eigenvalue weighted by molar-refractivity contribution is 6.31. The predicted molar refractivity (Wildman–Crippen MR) is 78.2 cm³/mol. The molecule has 1 saturated heterocycles. The maximum Gasteiger partial charge on any atom is 0.238 e. The Kier molecular flexibility index (Phi) is 4.96. The maximum atomic E-state index is 13.0. The topological polar surface area (TPSA) is 58.4 Å². The van der Waals surface area contributed by atoms with Crippen molar-refractivity contribution in [3.05, 3.63) is 29.0 Å². The highest BCUT2D eigenvalue weighted by atomic mass is 35.5. The predicted octanol–water partition coefficient (Wildman–Crippen LogP) is 2.09. The Morgan fingerprint density at radius 1 is 1.60 bits per heavy atom. The van der Waals surface area contributed by atoms with Gasteiger partial charge in [0.15, 0.2) is 0 Å². The minimum atomic E-state index is -0.497. The summed E-state index contributed by atoms with van der Waals surface area (Å²) < 4.78 is 13.0. The number of nitrogens with two attached hydrogens (primary N) is 1. The van der Waals surface area contributed by atoms with Crippen LogP contribution in [0.1, 0.15) is 13.3 Å². The molecule has 4 nitrogen and oxygen atoms in total. The molecule has 0 radical (unpaired) electrons. The fourth-order valence-corrected chi connectivity index (χ4v) is 2.55. The number of nitrogens with zero attached hydrogens (tertiary/aromatic N) is 1. The van der Waals surface area contributed by atoms with Gasteiger partial charge in [0.05, 0.1) is 11.6 Å². The molecule has 2 atom stereocenters. The second kappa shape index (κ2) is 6.52. The van der Waals surface area contributed by atoms with E-state index in [-0.39, 0.29) is 17.0 Å². The van der Waals surface area contributed by atoms with E-state index >= 15 is 0 Å². The number of halogens is 2. The molecule has 0 aliphatic carbocycles. The van der Waals surface area contributed by atoms with Crippen LogP contribution in [0.25, 0.3) is 0 Å². The lowest BCUT2D eigenvalue weighted by molar-refractivity contribution is -0.117. The van der Waals surface area contributed by atoms with Crippen LogP contribution in [-0.2, 0) is 4.79 Å². The number of rotatable bonds is 3. The van der Waals surface area contributed by atoms with Gasteiger partial charge in [-0.25, -0.2) is 4.39 Å². The Morgan fingerprint density at radius 3 is 3.00 bits per heavy atom. The Morgan fingerprint density at radius 2 is 2.35 bits per heavy atom. The average Bonchev–Trinajstić information content (AvgIpc) is 2.38. The van der Waals surface area contributed by atoms with E-state index in [0.717, 1.165) is 19.5 Å². The molecule has 0 saturated carbocycles. The van der Waals surface area contributed by atoms with E-state index in [4.69, 9.17) is 17.3 Å². The molecule has 1 aromatic rings. The molecule has 1 aromatic carbocycles. The number of nitrogens with one attached hydrogen (secondary N) is 1. The molecular weight excluding hydrogens is 281 g/mol. The summed E-state index contributed by atoms with van der Waals surface area (Å²) in [6, 6.07) is 4.35. The first-order valence-corrected chi connectivity index (χ1v) is 7.06. The van der Waals surface area contributed by atoms with Gasteiger partial charge in [-0.2, -0.15) is 0 Å². The molecule has 0 aromatic heterocycles. The molecule has 0 spiro atoms. The van der Waals surface area contributed by atoms with Crippen molar-refractivity contribution in [2.45, 2.75) is 19.4 Å². The van der Waals surface area contributed by atoms with Gasteiger partial charge < -0.3 is 11.1 Å². The summed E-state index contributed by atoms with van der Waals surface area (Å²) in [5.74, 6) is -0.240. The van der Waals surface area contributed by atoms with E-state index in [1.807, 2.05) is 0 Å². The van der Waals surface area contributed by atoms with E-state index in [9.17, 15) is 9.18 Å². The summed E-state index contributed by atoms with van der Waals surface area (Å²) in [6.07, 6.45) is 0.900. The second-order valence-electron chi connectivity index (χ2n) is 5.34. The first-order valence-electron chi connectivity index (χ1n) is 6.68. The minimum absolute atomic E-state index is 0.000341. The zero-order valence-electron chi connectivity index (χ0n) is 11.4. The third kappa shape index (κ3) is 3.91. The van der Waals surface area contributed by atoms with E-state index in [1.54, 1.807) is 0 Å². The van der Waals surface area contributed by atoms with Crippen molar-refractivity contribution < 1.29 is 9.18 Å². The van der Waals surface area contributed by atoms with Crippen molar-refractivity contribution in [1.82, 2.24) is 4.90 Å². The smallest absolute Gasteiger partial charge is 0.238 e. The van der Waals surface area contributed by atoms with Gasteiger partial charge in [0.2, 0.25) is 5.91 Å². The number of hydrogen-bond acceptors (Lipinski definition) is 3. The summed E-state index contributed by atoms with van der Waals surface area (Å²) in [5, 5.41) is 2.72. The molecule has 0 bridgehead atoms. The molecule has 3 N–H and O–H groups in total. The van der Waals surface area contributed by atoms with Crippen LogP contribution in [0.4, 0.5) is 10.1 Å². The average molecular weight is 300 g/mol. The molecular formula is C14H19ClFN3O. The van der Waals surface area contributed by atoms with Crippen molar-refractivity contribution >= 4 is 23.2 Å². The SMILES string of the molecule is CC1CN(CC(=O)Nc2ccc(F)c(Cl)c2)CCC1N. The Bertz CT molecular complexity index is 497. The molecule has 1 amide bonds. The Hall–Kier alpha value is -1.17. The van der Waals surface area contributed by atoms with Gasteiger partial charge >= 0.3 is 0 Å². The van der Waals surface area contributed by atoms with Crippen LogP contribution in [0.15, 0.2) is 18.2 Å². The molecule has 1 fully saturated rings. The number of carbonyl (C=O) groups is 1. The monoisotopic (exact) mass is 299 g/mol. The highest BCUT2D eigenvalue weighted by Gasteiger charge is 2.24. The van der Waals surface area contributed by atoms with E-state index in [1.165, 1.54) is 18.2 Å². The number of anilines is 1. The van der Waals surface area contributed by atoms with Gasteiger partial charge in [-0.05, 0) is 30.5 Å². The van der Waals surface area contributed by atoms with Crippen LogP contribution in [0.5, 0.6) is 0 Å². The number of carbonyl (C=O) groups excluding carboxylic acids is 1. The molecule has 1 aliphatic rings. The first-order chi connectivity index (χ1) is 9.45. The fourth-order valence-electron chi connectivity index (χ4n) is 2.37. The number of benzene rings is 1. The number of hydrogen-bond donors (Lipinski definition) is 2. The summed E-state index contributed by atoms with van der Waals surface area (Å²) in [7, 11) is 0. The summed E-state index contributed by atoms with van der Waals surface area (Å²) >= 11 is 5.67. The van der Waals surface area contributed by atoms with Crippen molar-refractivity contribution in [3.8, 4) is 0 Å². The maximum absolute atomic E-state index is 13.0. The molecule has 1 heterocycles. The van der Waals surface area contributed by atoms with Gasteiger partial charge in [-0.15, -0.1) is 0 Å². The minimum Gasteiger partial charge on any atom is -0.327 e. The first kappa shape index (κ1) is 15.2. The molecule has 1 aliphatic heterocycles. The van der Waals surface area contributed by atoms with Gasteiger partial charge in [-0.1, -0.05) is 18.5 Å². The van der Waals surface area contributed by atoms with Crippen LogP contribution < -0.4 is 11.1 Å². The van der Waals surface area contributed by atoms with Gasteiger partial charge in [0, 0.05) is 24.8 Å². The fraction of sp³-hybridized carbons (Fsp3) is 0.500. The molecule has 110 valence electrons. The van der Waals surface area contributed by atoms with Crippen LogP contribution in [0, 0.1) is 11.7 Å². The highest BCUT2D eigenvalue weighted by Crippen LogP contribution is 2.19. The number of likely N-dealkylation sites (tertiary alicyclic amines) is 1. The van der Waals surface area contributed by atoms with Crippen LogP contribution in [-0.4, -0.2) is 36.5 Å². The lowest BCUT2D eigenvalue weighted by atomic mass is 9.95. The van der Waals surface area contributed by atoms with E-state index < -0.39 is 5.82 Å². The quantitative estimate of drug-likeness (QED) is 0.898. The van der Waals surface area contributed by atoms with Gasteiger partial charge in [0.1, 0.15) is 5.82 Å². The third-order valence-corrected chi connectivity index (χ3v) is 3.92.